The summed E-state index contributed by atoms with van der Waals surface area (Å²) in [5.41, 5.74) is 2.03. The lowest BCUT2D eigenvalue weighted by Gasteiger charge is -2.34. The molecule has 3 heterocycles. The zero-order chi connectivity index (χ0) is 20.8. The summed E-state index contributed by atoms with van der Waals surface area (Å²) in [4.78, 5) is 0.821. The van der Waals surface area contributed by atoms with E-state index in [1.165, 1.54) is 0 Å². The fraction of sp³-hybridized carbons (Fsp3) is 0.238. The second-order valence-electron chi connectivity index (χ2n) is 6.72. The molecule has 0 bridgehead atoms. The molecule has 0 radical (unpaired) electrons. The maximum Gasteiger partial charge on any atom is 0.273 e. The molecule has 3 aromatic heterocycles. The van der Waals surface area contributed by atoms with Gasteiger partial charge in [-0.05, 0) is 42.3 Å². The first kappa shape index (κ1) is 20.0. The van der Waals surface area contributed by atoms with Gasteiger partial charge in [-0.3, -0.25) is 0 Å². The Kier molecular flexibility index (Phi) is 6.01. The average molecular weight is 422 g/mol. The maximum absolute atomic E-state index is 6.17. The lowest BCUT2D eigenvalue weighted by atomic mass is 10.2. The Bertz CT molecular complexity index is 958. The minimum Gasteiger partial charge on any atom is -0.370 e. The van der Waals surface area contributed by atoms with Gasteiger partial charge in [0.15, 0.2) is 0 Å². The normalized spacial score (nSPS) is 11.5. The third kappa shape index (κ3) is 4.03. The van der Waals surface area contributed by atoms with Gasteiger partial charge in [-0.25, -0.2) is 14.0 Å². The minimum absolute atomic E-state index is 0.276. The van der Waals surface area contributed by atoms with Crippen molar-refractivity contribution < 1.29 is 4.74 Å². The summed E-state index contributed by atoms with van der Waals surface area (Å²) in [6, 6.07) is 13.7. The largest absolute Gasteiger partial charge is 0.370 e. The van der Waals surface area contributed by atoms with E-state index >= 15 is 0 Å². The van der Waals surface area contributed by atoms with Crippen LogP contribution in [0.5, 0.6) is 0 Å². The van der Waals surface area contributed by atoms with Crippen molar-refractivity contribution in [2.24, 2.45) is 0 Å². The van der Waals surface area contributed by atoms with Gasteiger partial charge in [0.25, 0.3) is 5.79 Å². The third-order valence-electron chi connectivity index (χ3n) is 4.74. The van der Waals surface area contributed by atoms with Gasteiger partial charge in [0.05, 0.1) is 11.6 Å². The molecule has 0 unspecified atom stereocenters. The predicted molar refractivity (Wildman–Crippen MR) is 118 cm³/mol. The van der Waals surface area contributed by atoms with Crippen LogP contribution in [0.2, 0.25) is 0 Å². The first-order valence-electron chi connectivity index (χ1n) is 9.69. The van der Waals surface area contributed by atoms with Gasteiger partial charge in [-0.2, -0.15) is 15.3 Å². The van der Waals surface area contributed by atoms with Gasteiger partial charge in [0.2, 0.25) is 0 Å². The highest BCUT2D eigenvalue weighted by atomic mass is 32.1. The Morgan fingerprint density at radius 1 is 0.933 bits per heavy atom. The number of nitrogens with zero attached hydrogens (tertiary/aromatic N) is 6. The highest BCUT2D eigenvalue weighted by molar-refractivity contribution is 7.80. The molecule has 1 N–H and O–H groups in total. The first-order valence-corrected chi connectivity index (χ1v) is 10.1. The summed E-state index contributed by atoms with van der Waals surface area (Å²) in [6.45, 7) is 2.74. The lowest BCUT2D eigenvalue weighted by molar-refractivity contribution is -0.0174. The van der Waals surface area contributed by atoms with Crippen molar-refractivity contribution in [3.63, 3.8) is 0 Å². The molecule has 0 saturated carbocycles. The molecular formula is C21H23N7OS. The second kappa shape index (κ2) is 9.02. The van der Waals surface area contributed by atoms with Crippen LogP contribution in [0.3, 0.4) is 0 Å². The summed E-state index contributed by atoms with van der Waals surface area (Å²) >= 11 is 5.24. The highest BCUT2D eigenvalue weighted by Gasteiger charge is 2.39. The topological polar surface area (TPSA) is 74.7 Å². The van der Waals surface area contributed by atoms with E-state index < -0.39 is 5.79 Å². The molecule has 0 aliphatic rings. The van der Waals surface area contributed by atoms with Crippen molar-refractivity contribution in [1.82, 2.24) is 29.3 Å². The number of thiocarbonyl (C=S) groups is 1. The van der Waals surface area contributed by atoms with E-state index in [-0.39, 0.29) is 6.61 Å². The molecule has 8 nitrogen and oxygen atoms in total. The molecule has 4 rings (SSSR count). The van der Waals surface area contributed by atoms with Gasteiger partial charge in [-0.15, -0.1) is 0 Å². The quantitative estimate of drug-likeness (QED) is 0.418. The van der Waals surface area contributed by atoms with Crippen molar-refractivity contribution in [3.05, 3.63) is 85.2 Å². The number of rotatable bonds is 9. The summed E-state index contributed by atoms with van der Waals surface area (Å²) < 4.78 is 11.6. The summed E-state index contributed by atoms with van der Waals surface area (Å²) in [7, 11) is 0. The Labute approximate surface area is 180 Å². The molecule has 0 amide bonds. The van der Waals surface area contributed by atoms with Crippen molar-refractivity contribution in [1.29, 1.82) is 0 Å². The van der Waals surface area contributed by atoms with Gasteiger partial charge in [0.1, 0.15) is 6.61 Å². The fourth-order valence-electron chi connectivity index (χ4n) is 3.19. The van der Waals surface area contributed by atoms with Gasteiger partial charge in [0, 0.05) is 42.9 Å². The molecule has 1 aromatic carbocycles. The molecule has 0 aliphatic carbocycles. The number of ether oxygens (including phenoxy) is 1. The van der Waals surface area contributed by atoms with E-state index in [1.807, 2.05) is 68.0 Å². The van der Waals surface area contributed by atoms with Crippen LogP contribution in [0.4, 0.5) is 5.69 Å². The predicted octanol–water partition coefficient (Wildman–Crippen LogP) is 3.35. The second-order valence-corrected chi connectivity index (χ2v) is 7.21. The molecule has 0 saturated heterocycles. The molecule has 4 aromatic rings. The van der Waals surface area contributed by atoms with Crippen LogP contribution in [0.15, 0.2) is 79.6 Å². The van der Waals surface area contributed by atoms with Gasteiger partial charge < -0.3 is 10.1 Å². The zero-order valence-electron chi connectivity index (χ0n) is 16.6. The Morgan fingerprint density at radius 2 is 1.47 bits per heavy atom. The highest BCUT2D eigenvalue weighted by Crippen LogP contribution is 2.21. The van der Waals surface area contributed by atoms with E-state index in [0.717, 1.165) is 22.7 Å². The third-order valence-corrected chi connectivity index (χ3v) is 5.13. The van der Waals surface area contributed by atoms with Crippen LogP contribution in [-0.4, -0.2) is 40.9 Å². The molecule has 30 heavy (non-hydrogen) atoms. The van der Waals surface area contributed by atoms with Crippen LogP contribution in [0, 0.1) is 0 Å². The minimum atomic E-state index is -0.898. The average Bonchev–Trinajstić information content (AvgIpc) is 3.56. The Balaban J connectivity index is 1.54. The fourth-order valence-corrected chi connectivity index (χ4v) is 3.31. The zero-order valence-corrected chi connectivity index (χ0v) is 17.4. The van der Waals surface area contributed by atoms with Crippen LogP contribution in [0.1, 0.15) is 18.9 Å². The molecule has 9 heteroatoms. The molecule has 0 fully saturated rings. The molecule has 0 aliphatic heterocycles. The van der Waals surface area contributed by atoms with Gasteiger partial charge in [-0.1, -0.05) is 31.3 Å². The van der Waals surface area contributed by atoms with Crippen molar-refractivity contribution in [2.75, 3.05) is 11.9 Å². The van der Waals surface area contributed by atoms with E-state index in [2.05, 4.69) is 20.6 Å². The van der Waals surface area contributed by atoms with Crippen molar-refractivity contribution >= 4 is 22.9 Å². The maximum atomic E-state index is 6.17. The number of nitrogens with one attached hydrogen (secondary N) is 1. The van der Waals surface area contributed by atoms with E-state index in [4.69, 9.17) is 17.0 Å². The number of hydrogen-bond donors (Lipinski definition) is 1. The Morgan fingerprint density at radius 3 is 1.90 bits per heavy atom. The van der Waals surface area contributed by atoms with Crippen molar-refractivity contribution in [3.8, 4) is 0 Å². The van der Waals surface area contributed by atoms with Gasteiger partial charge >= 0.3 is 0 Å². The lowest BCUT2D eigenvalue weighted by Crippen LogP contribution is -2.52. The smallest absolute Gasteiger partial charge is 0.273 e. The summed E-state index contributed by atoms with van der Waals surface area (Å²) in [5, 5.41) is 16.6. The number of hydrogen-bond acceptors (Lipinski definition) is 5. The van der Waals surface area contributed by atoms with Crippen LogP contribution in [-0.2, 0) is 17.1 Å². The van der Waals surface area contributed by atoms with E-state index in [1.54, 1.807) is 32.6 Å². The number of benzene rings is 1. The number of anilines is 1. The van der Waals surface area contributed by atoms with E-state index in [0.29, 0.717) is 6.61 Å². The molecule has 0 atom stereocenters. The summed E-state index contributed by atoms with van der Waals surface area (Å²) in [5.74, 6) is -0.898. The standard InChI is InChI=1S/C21H23N7OS/c1-2-20(30)25-19-8-6-18(7-9-19)16-29-17-21(26-13-3-10-22-26,27-14-4-11-23-27)28-15-5-12-24-28/h3-15H,2,16-17H2,1H3,(H,25,30). The summed E-state index contributed by atoms with van der Waals surface area (Å²) in [6.07, 6.45) is 11.6. The van der Waals surface area contributed by atoms with Crippen LogP contribution in [0.25, 0.3) is 0 Å². The SMILES string of the molecule is CCC(=S)Nc1ccc(COCC(n2cccn2)(n2cccn2)n2cccn2)cc1. The molecular weight excluding hydrogens is 398 g/mol. The van der Waals surface area contributed by atoms with Crippen LogP contribution >= 0.6 is 12.2 Å². The number of aromatic nitrogens is 6. The monoisotopic (exact) mass is 421 g/mol. The van der Waals surface area contributed by atoms with E-state index in [9.17, 15) is 0 Å². The van der Waals surface area contributed by atoms with Crippen LogP contribution < -0.4 is 5.32 Å². The first-order chi connectivity index (χ1) is 14.7. The Hall–Kier alpha value is -3.30. The van der Waals surface area contributed by atoms with Crippen molar-refractivity contribution in [2.45, 2.75) is 25.7 Å². The molecule has 154 valence electrons. The molecule has 0 spiro atoms.